The monoisotopic (exact) mass is 221 g/mol. The van der Waals surface area contributed by atoms with Gasteiger partial charge in [-0.25, -0.2) is 4.39 Å². The Balaban J connectivity index is 2.66. The summed E-state index contributed by atoms with van der Waals surface area (Å²) >= 11 is 11.2. The van der Waals surface area contributed by atoms with Crippen LogP contribution in [0.4, 0.5) is 10.1 Å². The van der Waals surface area contributed by atoms with E-state index in [0.717, 1.165) is 5.69 Å². The van der Waals surface area contributed by atoms with Gasteiger partial charge in [0.1, 0.15) is 10.7 Å². The molecule has 0 saturated carbocycles. The number of anilines is 1. The number of alkyl halides is 2. The van der Waals surface area contributed by atoms with Crippen molar-refractivity contribution < 1.29 is 4.39 Å². The van der Waals surface area contributed by atoms with E-state index in [-0.39, 0.29) is 5.82 Å². The molecule has 72 valence electrons. The molecule has 1 aromatic rings. The van der Waals surface area contributed by atoms with Crippen molar-refractivity contribution in [1.82, 2.24) is 0 Å². The van der Waals surface area contributed by atoms with E-state index in [1.165, 1.54) is 12.1 Å². The maximum Gasteiger partial charge on any atom is 0.125 e. The van der Waals surface area contributed by atoms with E-state index >= 15 is 0 Å². The fourth-order valence-electron chi connectivity index (χ4n) is 1.01. The van der Waals surface area contributed by atoms with Gasteiger partial charge >= 0.3 is 0 Å². The molecule has 0 aliphatic heterocycles. The highest BCUT2D eigenvalue weighted by molar-refractivity contribution is 6.44. The molecular formula is C9H10Cl2FN. The Bertz CT molecular complexity index is 261. The van der Waals surface area contributed by atoms with Crippen LogP contribution in [0.2, 0.25) is 0 Å². The Hall–Kier alpha value is -0.470. The first-order valence-corrected chi connectivity index (χ1v) is 4.71. The molecule has 0 unspecified atom stereocenters. The summed E-state index contributed by atoms with van der Waals surface area (Å²) in [5.41, 5.74) is 0.896. The number of hydrogen-bond donors (Lipinski definition) is 0. The third-order valence-electron chi connectivity index (χ3n) is 1.68. The summed E-state index contributed by atoms with van der Waals surface area (Å²) in [5, 5.41) is 0. The van der Waals surface area contributed by atoms with Gasteiger partial charge in [-0.15, -0.1) is 23.2 Å². The number of rotatable bonds is 3. The fraction of sp³-hybridized carbons (Fsp3) is 0.333. The second kappa shape index (κ2) is 4.68. The van der Waals surface area contributed by atoms with Crippen molar-refractivity contribution in [2.45, 2.75) is 4.84 Å². The molecule has 1 nitrogen and oxygen atoms in total. The normalized spacial score (nSPS) is 10.5. The zero-order valence-electron chi connectivity index (χ0n) is 7.17. The number of nitrogens with zero attached hydrogens (tertiary/aromatic N) is 1. The molecule has 0 atom stereocenters. The first-order chi connectivity index (χ1) is 6.09. The fourth-order valence-corrected chi connectivity index (χ4v) is 1.42. The summed E-state index contributed by atoms with van der Waals surface area (Å²) in [6, 6.07) is 6.18. The lowest BCUT2D eigenvalue weighted by atomic mass is 10.3. The molecule has 0 amide bonds. The molecule has 1 rings (SSSR count). The lowest BCUT2D eigenvalue weighted by molar-refractivity contribution is 0.627. The van der Waals surface area contributed by atoms with Crippen molar-refractivity contribution in [3.8, 4) is 0 Å². The van der Waals surface area contributed by atoms with Crippen LogP contribution in [0.3, 0.4) is 0 Å². The van der Waals surface area contributed by atoms with Crippen molar-refractivity contribution in [3.05, 3.63) is 30.1 Å². The molecule has 13 heavy (non-hydrogen) atoms. The Morgan fingerprint density at radius 3 is 2.31 bits per heavy atom. The molecule has 0 radical (unpaired) electrons. The molecule has 0 fully saturated rings. The van der Waals surface area contributed by atoms with E-state index in [4.69, 9.17) is 23.2 Å². The first-order valence-electron chi connectivity index (χ1n) is 3.84. The maximum atomic E-state index is 12.5. The van der Waals surface area contributed by atoms with Gasteiger partial charge in [-0.3, -0.25) is 0 Å². The summed E-state index contributed by atoms with van der Waals surface area (Å²) in [7, 11) is 1.85. The van der Waals surface area contributed by atoms with Gasteiger partial charge in [0.25, 0.3) is 0 Å². The molecule has 0 spiro atoms. The maximum absolute atomic E-state index is 12.5. The van der Waals surface area contributed by atoms with Crippen LogP contribution in [-0.2, 0) is 0 Å². The quantitative estimate of drug-likeness (QED) is 0.710. The van der Waals surface area contributed by atoms with E-state index < -0.39 is 4.84 Å². The standard InChI is InChI=1S/C9H10Cl2FN/c1-13(6-9(10)11)8-4-2-7(12)3-5-8/h2-5,9H,6H2,1H3. The van der Waals surface area contributed by atoms with Crippen molar-refractivity contribution in [1.29, 1.82) is 0 Å². The van der Waals surface area contributed by atoms with Crippen LogP contribution < -0.4 is 4.90 Å². The highest BCUT2D eigenvalue weighted by Gasteiger charge is 2.05. The van der Waals surface area contributed by atoms with E-state index in [2.05, 4.69) is 0 Å². The average molecular weight is 222 g/mol. The molecule has 0 heterocycles. The summed E-state index contributed by atoms with van der Waals surface area (Å²) in [4.78, 5) is 1.43. The van der Waals surface area contributed by atoms with Gasteiger partial charge in [0.05, 0.1) is 0 Å². The Kier molecular flexibility index (Phi) is 3.82. The molecule has 1 aromatic carbocycles. The van der Waals surface area contributed by atoms with Crippen LogP contribution in [0.15, 0.2) is 24.3 Å². The van der Waals surface area contributed by atoms with E-state index in [1.54, 1.807) is 12.1 Å². The number of benzene rings is 1. The van der Waals surface area contributed by atoms with Crippen LogP contribution in [0.25, 0.3) is 0 Å². The minimum atomic E-state index is -0.435. The summed E-state index contributed by atoms with van der Waals surface area (Å²) in [6.45, 7) is 0.523. The van der Waals surface area contributed by atoms with Crippen LogP contribution >= 0.6 is 23.2 Å². The van der Waals surface area contributed by atoms with Gasteiger partial charge in [-0.1, -0.05) is 0 Å². The van der Waals surface area contributed by atoms with Gasteiger partial charge in [-0.05, 0) is 24.3 Å². The number of halogens is 3. The largest absolute Gasteiger partial charge is 0.372 e. The zero-order valence-corrected chi connectivity index (χ0v) is 8.69. The van der Waals surface area contributed by atoms with Gasteiger partial charge in [0, 0.05) is 19.3 Å². The molecular weight excluding hydrogens is 212 g/mol. The minimum absolute atomic E-state index is 0.245. The van der Waals surface area contributed by atoms with Crippen LogP contribution in [0.5, 0.6) is 0 Å². The van der Waals surface area contributed by atoms with E-state index in [0.29, 0.717) is 6.54 Å². The predicted octanol–water partition coefficient (Wildman–Crippen LogP) is 3.07. The van der Waals surface area contributed by atoms with E-state index in [9.17, 15) is 4.39 Å². The first kappa shape index (κ1) is 10.6. The van der Waals surface area contributed by atoms with Gasteiger partial charge in [0.15, 0.2) is 0 Å². The third kappa shape index (κ3) is 3.41. The van der Waals surface area contributed by atoms with Gasteiger partial charge < -0.3 is 4.90 Å². The Morgan fingerprint density at radius 1 is 1.31 bits per heavy atom. The van der Waals surface area contributed by atoms with Crippen molar-refractivity contribution in [2.24, 2.45) is 0 Å². The zero-order chi connectivity index (χ0) is 9.84. The molecule has 0 saturated heterocycles. The predicted molar refractivity (Wildman–Crippen MR) is 55.2 cm³/mol. The average Bonchev–Trinajstić information content (AvgIpc) is 2.04. The molecule has 0 bridgehead atoms. The Labute approximate surface area is 87.1 Å². The molecule has 0 aromatic heterocycles. The second-order valence-electron chi connectivity index (χ2n) is 2.75. The highest BCUT2D eigenvalue weighted by atomic mass is 35.5. The summed E-state index contributed by atoms with van der Waals surface area (Å²) < 4.78 is 12.5. The van der Waals surface area contributed by atoms with Crippen LogP contribution in [0, 0.1) is 5.82 Å². The molecule has 4 heteroatoms. The van der Waals surface area contributed by atoms with Gasteiger partial charge in [0.2, 0.25) is 0 Å². The topological polar surface area (TPSA) is 3.24 Å². The van der Waals surface area contributed by atoms with Crippen molar-refractivity contribution in [3.63, 3.8) is 0 Å². The smallest absolute Gasteiger partial charge is 0.125 e. The van der Waals surface area contributed by atoms with Gasteiger partial charge in [-0.2, -0.15) is 0 Å². The van der Waals surface area contributed by atoms with Crippen LogP contribution in [0.1, 0.15) is 0 Å². The molecule has 0 aliphatic rings. The van der Waals surface area contributed by atoms with Crippen molar-refractivity contribution in [2.75, 3.05) is 18.5 Å². The van der Waals surface area contributed by atoms with Crippen LogP contribution in [-0.4, -0.2) is 18.4 Å². The van der Waals surface area contributed by atoms with Crippen molar-refractivity contribution >= 4 is 28.9 Å². The highest BCUT2D eigenvalue weighted by Crippen LogP contribution is 2.15. The molecule has 0 N–H and O–H groups in total. The lowest BCUT2D eigenvalue weighted by Crippen LogP contribution is -2.22. The number of hydrogen-bond acceptors (Lipinski definition) is 1. The third-order valence-corrected chi connectivity index (χ3v) is 1.96. The minimum Gasteiger partial charge on any atom is -0.372 e. The Morgan fingerprint density at radius 2 is 1.85 bits per heavy atom. The molecule has 0 aliphatic carbocycles. The second-order valence-corrected chi connectivity index (χ2v) is 4.03. The van der Waals surface area contributed by atoms with E-state index in [1.807, 2.05) is 11.9 Å². The summed E-state index contributed by atoms with van der Waals surface area (Å²) in [5.74, 6) is -0.245. The lowest BCUT2D eigenvalue weighted by Gasteiger charge is -2.19. The SMILES string of the molecule is CN(CC(Cl)Cl)c1ccc(F)cc1. The summed E-state index contributed by atoms with van der Waals surface area (Å²) in [6.07, 6.45) is 0.